The van der Waals surface area contributed by atoms with Gasteiger partial charge in [-0.25, -0.2) is 0 Å². The number of hydrogen-bond donors (Lipinski definition) is 2. The molecule has 0 bridgehead atoms. The van der Waals surface area contributed by atoms with Crippen LogP contribution in [0.15, 0.2) is 0 Å². The SMILES string of the molecule is CCN(C)CCNC(C(=O)O)C(C)C. The highest BCUT2D eigenvalue weighted by Crippen LogP contribution is 2.00. The van der Waals surface area contributed by atoms with Gasteiger partial charge in [0, 0.05) is 13.1 Å². The average Bonchev–Trinajstić information content (AvgIpc) is 2.10. The summed E-state index contributed by atoms with van der Waals surface area (Å²) in [5.74, 6) is -0.640. The minimum absolute atomic E-state index is 0.124. The van der Waals surface area contributed by atoms with Crippen LogP contribution in [0.2, 0.25) is 0 Å². The largest absolute Gasteiger partial charge is 0.480 e. The van der Waals surface area contributed by atoms with E-state index in [2.05, 4.69) is 17.1 Å². The lowest BCUT2D eigenvalue weighted by atomic mass is 10.1. The van der Waals surface area contributed by atoms with E-state index in [1.54, 1.807) is 0 Å². The van der Waals surface area contributed by atoms with Gasteiger partial charge in [0.15, 0.2) is 0 Å². The van der Waals surface area contributed by atoms with E-state index in [0.29, 0.717) is 0 Å². The van der Waals surface area contributed by atoms with Crippen molar-refractivity contribution in [3.63, 3.8) is 0 Å². The van der Waals surface area contributed by atoms with Crippen LogP contribution in [0.5, 0.6) is 0 Å². The van der Waals surface area contributed by atoms with Gasteiger partial charge >= 0.3 is 5.97 Å². The average molecular weight is 202 g/mol. The quantitative estimate of drug-likeness (QED) is 0.636. The molecule has 1 atom stereocenters. The Kier molecular flexibility index (Phi) is 6.49. The van der Waals surface area contributed by atoms with Crippen molar-refractivity contribution in [1.29, 1.82) is 0 Å². The monoisotopic (exact) mass is 202 g/mol. The summed E-state index contributed by atoms with van der Waals surface area (Å²) in [6.07, 6.45) is 0. The Balaban J connectivity index is 3.78. The summed E-state index contributed by atoms with van der Waals surface area (Å²) >= 11 is 0. The van der Waals surface area contributed by atoms with Gasteiger partial charge in [0.2, 0.25) is 0 Å². The van der Waals surface area contributed by atoms with Gasteiger partial charge in [0.25, 0.3) is 0 Å². The van der Waals surface area contributed by atoms with E-state index in [1.165, 1.54) is 0 Å². The zero-order valence-corrected chi connectivity index (χ0v) is 9.58. The fourth-order valence-corrected chi connectivity index (χ4v) is 1.18. The van der Waals surface area contributed by atoms with Gasteiger partial charge in [0.05, 0.1) is 0 Å². The number of nitrogens with one attached hydrogen (secondary N) is 1. The highest BCUT2D eigenvalue weighted by Gasteiger charge is 2.19. The summed E-state index contributed by atoms with van der Waals surface area (Å²) in [5.41, 5.74) is 0. The maximum Gasteiger partial charge on any atom is 0.320 e. The summed E-state index contributed by atoms with van der Waals surface area (Å²) in [7, 11) is 2.02. The van der Waals surface area contributed by atoms with Crippen molar-refractivity contribution < 1.29 is 9.90 Å². The predicted octanol–water partition coefficient (Wildman–Crippen LogP) is 0.637. The van der Waals surface area contributed by atoms with Crippen molar-refractivity contribution in [1.82, 2.24) is 10.2 Å². The van der Waals surface area contributed by atoms with Crippen LogP contribution in [-0.4, -0.2) is 48.7 Å². The van der Waals surface area contributed by atoms with Crippen molar-refractivity contribution in [3.8, 4) is 0 Å². The molecule has 0 aromatic heterocycles. The fourth-order valence-electron chi connectivity index (χ4n) is 1.18. The fraction of sp³-hybridized carbons (Fsp3) is 0.900. The summed E-state index contributed by atoms with van der Waals surface area (Å²) in [6, 6.07) is -0.430. The highest BCUT2D eigenvalue weighted by atomic mass is 16.4. The molecule has 0 spiro atoms. The third-order valence-electron chi connectivity index (χ3n) is 2.33. The van der Waals surface area contributed by atoms with E-state index in [0.717, 1.165) is 19.6 Å². The van der Waals surface area contributed by atoms with E-state index < -0.39 is 12.0 Å². The molecule has 4 nitrogen and oxygen atoms in total. The van der Waals surface area contributed by atoms with Crippen LogP contribution in [-0.2, 0) is 4.79 Å². The molecule has 14 heavy (non-hydrogen) atoms. The Bertz CT molecular complexity index is 172. The van der Waals surface area contributed by atoms with E-state index >= 15 is 0 Å². The molecule has 84 valence electrons. The predicted molar refractivity (Wildman–Crippen MR) is 57.4 cm³/mol. The molecule has 0 aliphatic carbocycles. The first-order valence-corrected chi connectivity index (χ1v) is 5.13. The lowest BCUT2D eigenvalue weighted by Gasteiger charge is -2.20. The van der Waals surface area contributed by atoms with Crippen molar-refractivity contribution >= 4 is 5.97 Å². The van der Waals surface area contributed by atoms with E-state index in [-0.39, 0.29) is 5.92 Å². The summed E-state index contributed by atoms with van der Waals surface area (Å²) in [4.78, 5) is 13.0. The normalized spacial score (nSPS) is 13.6. The second-order valence-corrected chi connectivity index (χ2v) is 3.91. The molecule has 0 aromatic rings. The standard InChI is InChI=1S/C10H22N2O2/c1-5-12(4)7-6-11-9(8(2)3)10(13)14/h8-9,11H,5-7H2,1-4H3,(H,13,14). The second-order valence-electron chi connectivity index (χ2n) is 3.91. The van der Waals surface area contributed by atoms with Crippen LogP contribution in [0.4, 0.5) is 0 Å². The molecule has 0 fully saturated rings. The van der Waals surface area contributed by atoms with Gasteiger partial charge in [-0.2, -0.15) is 0 Å². The Morgan fingerprint density at radius 2 is 2.07 bits per heavy atom. The molecule has 0 heterocycles. The van der Waals surface area contributed by atoms with Crippen LogP contribution in [0.1, 0.15) is 20.8 Å². The number of hydrogen-bond acceptors (Lipinski definition) is 3. The molecule has 0 saturated carbocycles. The Morgan fingerprint density at radius 3 is 2.43 bits per heavy atom. The number of nitrogens with zero attached hydrogens (tertiary/aromatic N) is 1. The molecule has 2 N–H and O–H groups in total. The molecule has 4 heteroatoms. The molecular weight excluding hydrogens is 180 g/mol. The zero-order chi connectivity index (χ0) is 11.1. The molecule has 0 saturated heterocycles. The third-order valence-corrected chi connectivity index (χ3v) is 2.33. The van der Waals surface area contributed by atoms with Gasteiger partial charge < -0.3 is 15.3 Å². The summed E-state index contributed by atoms with van der Waals surface area (Å²) in [5, 5.41) is 11.9. The van der Waals surface area contributed by atoms with Crippen LogP contribution in [0.3, 0.4) is 0 Å². The Hall–Kier alpha value is -0.610. The first kappa shape index (κ1) is 13.4. The van der Waals surface area contributed by atoms with Gasteiger partial charge in [0.1, 0.15) is 6.04 Å². The smallest absolute Gasteiger partial charge is 0.320 e. The molecule has 0 aromatic carbocycles. The number of carboxylic acids is 1. The van der Waals surface area contributed by atoms with Gasteiger partial charge in [-0.15, -0.1) is 0 Å². The maximum atomic E-state index is 10.8. The second kappa shape index (κ2) is 6.79. The first-order chi connectivity index (χ1) is 6.49. The van der Waals surface area contributed by atoms with Crippen molar-refractivity contribution in [3.05, 3.63) is 0 Å². The molecule has 0 radical (unpaired) electrons. The lowest BCUT2D eigenvalue weighted by Crippen LogP contribution is -2.43. The van der Waals surface area contributed by atoms with E-state index in [9.17, 15) is 4.79 Å². The van der Waals surface area contributed by atoms with Crippen LogP contribution in [0.25, 0.3) is 0 Å². The van der Waals surface area contributed by atoms with E-state index in [1.807, 2.05) is 20.9 Å². The maximum absolute atomic E-state index is 10.8. The van der Waals surface area contributed by atoms with Gasteiger partial charge in [-0.1, -0.05) is 20.8 Å². The van der Waals surface area contributed by atoms with Crippen LogP contribution in [0, 0.1) is 5.92 Å². The molecule has 0 aliphatic rings. The number of aliphatic carboxylic acids is 1. The highest BCUT2D eigenvalue weighted by molar-refractivity contribution is 5.73. The summed E-state index contributed by atoms with van der Waals surface area (Å²) in [6.45, 7) is 8.50. The Labute approximate surface area is 86.3 Å². The van der Waals surface area contributed by atoms with Crippen molar-refractivity contribution in [2.75, 3.05) is 26.7 Å². The molecule has 0 rings (SSSR count). The van der Waals surface area contributed by atoms with Crippen LogP contribution >= 0.6 is 0 Å². The number of carboxylic acid groups (broad SMARTS) is 1. The number of rotatable bonds is 7. The lowest BCUT2D eigenvalue weighted by molar-refractivity contribution is -0.140. The van der Waals surface area contributed by atoms with E-state index in [4.69, 9.17) is 5.11 Å². The van der Waals surface area contributed by atoms with Gasteiger partial charge in [-0.05, 0) is 19.5 Å². The molecule has 0 aliphatic heterocycles. The van der Waals surface area contributed by atoms with Gasteiger partial charge in [-0.3, -0.25) is 4.79 Å². The minimum Gasteiger partial charge on any atom is -0.480 e. The van der Waals surface area contributed by atoms with Crippen molar-refractivity contribution in [2.24, 2.45) is 5.92 Å². The molecule has 0 amide bonds. The topological polar surface area (TPSA) is 52.6 Å². The molecule has 1 unspecified atom stereocenters. The molecular formula is C10H22N2O2. The van der Waals surface area contributed by atoms with Crippen LogP contribution < -0.4 is 5.32 Å². The number of likely N-dealkylation sites (N-methyl/N-ethyl adjacent to an activating group) is 1. The van der Waals surface area contributed by atoms with Crippen molar-refractivity contribution in [2.45, 2.75) is 26.8 Å². The zero-order valence-electron chi connectivity index (χ0n) is 9.58. The minimum atomic E-state index is -0.765. The third kappa shape index (κ3) is 5.19. The number of carbonyl (C=O) groups is 1. The first-order valence-electron chi connectivity index (χ1n) is 5.13. The Morgan fingerprint density at radius 1 is 1.50 bits per heavy atom. The summed E-state index contributed by atoms with van der Waals surface area (Å²) < 4.78 is 0.